The summed E-state index contributed by atoms with van der Waals surface area (Å²) in [6.45, 7) is 18.5. The molecule has 248 valence electrons. The smallest absolute Gasteiger partial charge is 0.0158 e. The van der Waals surface area contributed by atoms with Gasteiger partial charge in [-0.2, -0.15) is 0 Å². The zero-order valence-corrected chi connectivity index (χ0v) is 30.4. The van der Waals surface area contributed by atoms with E-state index in [0.717, 1.165) is 0 Å². The van der Waals surface area contributed by atoms with Gasteiger partial charge in [0, 0.05) is 11.1 Å². The molecule has 1 heteroatoms. The molecule has 0 aliphatic rings. The first-order chi connectivity index (χ1) is 19.8. The summed E-state index contributed by atoms with van der Waals surface area (Å²) in [5.74, 6) is 0. The summed E-state index contributed by atoms with van der Waals surface area (Å²) in [5, 5.41) is 0. The highest BCUT2D eigenvalue weighted by atomic mass is 15.2. The van der Waals surface area contributed by atoms with Crippen LogP contribution in [-0.2, 0) is 0 Å². The molecule has 0 fully saturated rings. The number of hydrogen-bond acceptors (Lipinski definition) is 1. The van der Waals surface area contributed by atoms with Crippen molar-refractivity contribution >= 4 is 0 Å². The summed E-state index contributed by atoms with van der Waals surface area (Å²) >= 11 is 0. The fourth-order valence-corrected chi connectivity index (χ4v) is 7.19. The maximum atomic E-state index is 2.96. The average Bonchev–Trinajstić information content (AvgIpc) is 2.94. The van der Waals surface area contributed by atoms with Crippen LogP contribution in [0.4, 0.5) is 0 Å². The maximum Gasteiger partial charge on any atom is 0.0158 e. The van der Waals surface area contributed by atoms with Gasteiger partial charge in [0.05, 0.1) is 0 Å². The lowest BCUT2D eigenvalue weighted by molar-refractivity contribution is 0.00151. The Hall–Kier alpha value is -0.0400. The van der Waals surface area contributed by atoms with Gasteiger partial charge < -0.3 is 0 Å². The molecule has 41 heavy (non-hydrogen) atoms. The van der Waals surface area contributed by atoms with Crippen molar-refractivity contribution in [2.75, 3.05) is 6.54 Å². The summed E-state index contributed by atoms with van der Waals surface area (Å²) in [6.07, 6.45) is 42.9. The van der Waals surface area contributed by atoms with Crippen LogP contribution in [0, 0.1) is 0 Å². The van der Waals surface area contributed by atoms with Crippen molar-refractivity contribution in [1.82, 2.24) is 4.90 Å². The molecule has 0 radical (unpaired) electrons. The first kappa shape index (κ1) is 41.0. The first-order valence-electron chi connectivity index (χ1n) is 19.6. The van der Waals surface area contributed by atoms with E-state index in [0.29, 0.717) is 11.1 Å². The zero-order chi connectivity index (χ0) is 30.5. The van der Waals surface area contributed by atoms with Crippen LogP contribution in [0.1, 0.15) is 241 Å². The predicted octanol–water partition coefficient (Wildman–Crippen LogP) is 14.6. The van der Waals surface area contributed by atoms with E-state index < -0.39 is 0 Å². The van der Waals surface area contributed by atoms with Crippen LogP contribution in [0.5, 0.6) is 0 Å². The molecule has 0 aromatic rings. The molecule has 0 saturated heterocycles. The van der Waals surface area contributed by atoms with Crippen molar-refractivity contribution in [3.8, 4) is 0 Å². The Balaban J connectivity index is 4.47. The van der Waals surface area contributed by atoms with Gasteiger partial charge in [-0.1, -0.05) is 194 Å². The lowest BCUT2D eigenvalue weighted by Gasteiger charge is -2.49. The summed E-state index contributed by atoms with van der Waals surface area (Å²) in [7, 11) is 0. The Morgan fingerprint density at radius 3 is 0.780 bits per heavy atom. The molecule has 0 N–H and O–H groups in total. The van der Waals surface area contributed by atoms with Gasteiger partial charge in [0.25, 0.3) is 0 Å². The molecule has 0 amide bonds. The van der Waals surface area contributed by atoms with Crippen molar-refractivity contribution in [3.63, 3.8) is 0 Å². The number of nitrogens with zero attached hydrogens (tertiary/aromatic N) is 1. The molecule has 0 atom stereocenters. The zero-order valence-electron chi connectivity index (χ0n) is 30.4. The average molecular weight is 578 g/mol. The minimum Gasteiger partial charge on any atom is -0.293 e. The minimum atomic E-state index is 0.309. The number of unbranched alkanes of at least 4 members (excludes halogenated alkanes) is 25. The highest BCUT2D eigenvalue weighted by Gasteiger charge is 2.36. The highest BCUT2D eigenvalue weighted by Crippen LogP contribution is 2.34. The molecule has 0 spiro atoms. The molecule has 1 nitrogen and oxygen atoms in total. The standard InChI is InChI=1S/C40H83N/c1-8-11-14-17-20-22-24-26-28-30-33-36-39(4,5)41(38-35-32-19-16-13-10-3)40(6,7)37-34-31-29-27-25-23-21-18-15-12-9-2/h8-38H2,1-7H3. The Bertz CT molecular complexity index is 469. The molecular formula is C40H83N. The van der Waals surface area contributed by atoms with Crippen molar-refractivity contribution < 1.29 is 0 Å². The Morgan fingerprint density at radius 2 is 0.512 bits per heavy atom. The van der Waals surface area contributed by atoms with E-state index >= 15 is 0 Å². The first-order valence-corrected chi connectivity index (χ1v) is 19.6. The van der Waals surface area contributed by atoms with Gasteiger partial charge >= 0.3 is 0 Å². The van der Waals surface area contributed by atoms with Gasteiger partial charge in [-0.05, 0) is 53.5 Å². The normalized spacial score (nSPS) is 12.6. The third-order valence-corrected chi connectivity index (χ3v) is 9.98. The third kappa shape index (κ3) is 25.0. The van der Waals surface area contributed by atoms with E-state index in [9.17, 15) is 0 Å². The van der Waals surface area contributed by atoms with E-state index in [1.165, 1.54) is 199 Å². The van der Waals surface area contributed by atoms with E-state index in [1.807, 2.05) is 0 Å². The van der Waals surface area contributed by atoms with Gasteiger partial charge in [-0.3, -0.25) is 4.90 Å². The highest BCUT2D eigenvalue weighted by molar-refractivity contribution is 4.92. The third-order valence-electron chi connectivity index (χ3n) is 9.98. The van der Waals surface area contributed by atoms with Crippen LogP contribution in [0.3, 0.4) is 0 Å². The van der Waals surface area contributed by atoms with Crippen LogP contribution in [0.15, 0.2) is 0 Å². The van der Waals surface area contributed by atoms with Crippen molar-refractivity contribution in [2.45, 2.75) is 252 Å². The van der Waals surface area contributed by atoms with E-state index in [4.69, 9.17) is 0 Å². The summed E-state index contributed by atoms with van der Waals surface area (Å²) < 4.78 is 0. The SMILES string of the molecule is CCCCCCCCCCCCCC(C)(C)N(CCCCCCCC)C(C)(C)CCCCCCCCCCCCC. The molecule has 0 rings (SSSR count). The van der Waals surface area contributed by atoms with E-state index in [1.54, 1.807) is 0 Å². The van der Waals surface area contributed by atoms with E-state index in [-0.39, 0.29) is 0 Å². The quantitative estimate of drug-likeness (QED) is 0.0701. The van der Waals surface area contributed by atoms with Gasteiger partial charge in [-0.15, -0.1) is 0 Å². The molecule has 0 bridgehead atoms. The molecular weight excluding hydrogens is 494 g/mol. The second-order valence-corrected chi connectivity index (χ2v) is 15.1. The molecule has 0 aromatic carbocycles. The minimum absolute atomic E-state index is 0.309. The molecule has 0 saturated carbocycles. The van der Waals surface area contributed by atoms with Crippen LogP contribution in [0.25, 0.3) is 0 Å². The van der Waals surface area contributed by atoms with Gasteiger partial charge in [-0.25, -0.2) is 0 Å². The van der Waals surface area contributed by atoms with Crippen molar-refractivity contribution in [2.24, 2.45) is 0 Å². The monoisotopic (exact) mass is 578 g/mol. The molecule has 0 heterocycles. The Morgan fingerprint density at radius 1 is 0.293 bits per heavy atom. The Kier molecular flexibility index (Phi) is 28.7. The summed E-state index contributed by atoms with van der Waals surface area (Å²) in [5.41, 5.74) is 0.619. The van der Waals surface area contributed by atoms with Gasteiger partial charge in [0.1, 0.15) is 0 Å². The fraction of sp³-hybridized carbons (Fsp3) is 1.00. The second-order valence-electron chi connectivity index (χ2n) is 15.1. The van der Waals surface area contributed by atoms with Crippen molar-refractivity contribution in [1.29, 1.82) is 0 Å². The Labute approximate surface area is 263 Å². The summed E-state index contributed by atoms with van der Waals surface area (Å²) in [6, 6.07) is 0. The second kappa shape index (κ2) is 28.7. The molecule has 0 aliphatic heterocycles. The maximum absolute atomic E-state index is 2.96. The van der Waals surface area contributed by atoms with Crippen LogP contribution < -0.4 is 0 Å². The van der Waals surface area contributed by atoms with Crippen LogP contribution in [-0.4, -0.2) is 22.5 Å². The summed E-state index contributed by atoms with van der Waals surface area (Å²) in [4.78, 5) is 2.96. The molecule has 0 aromatic heterocycles. The number of hydrogen-bond donors (Lipinski definition) is 0. The van der Waals surface area contributed by atoms with Crippen molar-refractivity contribution in [3.05, 3.63) is 0 Å². The topological polar surface area (TPSA) is 3.24 Å². The lowest BCUT2D eigenvalue weighted by Crippen LogP contribution is -2.55. The lowest BCUT2D eigenvalue weighted by atomic mass is 9.85. The van der Waals surface area contributed by atoms with Crippen LogP contribution in [0.2, 0.25) is 0 Å². The molecule has 0 unspecified atom stereocenters. The molecule has 0 aliphatic carbocycles. The van der Waals surface area contributed by atoms with E-state index in [2.05, 4.69) is 53.4 Å². The fourth-order valence-electron chi connectivity index (χ4n) is 7.19. The van der Waals surface area contributed by atoms with Crippen LogP contribution >= 0.6 is 0 Å². The number of rotatable bonds is 33. The van der Waals surface area contributed by atoms with Gasteiger partial charge in [0.15, 0.2) is 0 Å². The predicted molar refractivity (Wildman–Crippen MR) is 190 cm³/mol. The van der Waals surface area contributed by atoms with Gasteiger partial charge in [0.2, 0.25) is 0 Å². The largest absolute Gasteiger partial charge is 0.293 e.